The van der Waals surface area contributed by atoms with Crippen molar-refractivity contribution in [3.8, 4) is 0 Å². The van der Waals surface area contributed by atoms with E-state index in [9.17, 15) is 0 Å². The Morgan fingerprint density at radius 3 is 2.44 bits per heavy atom. The van der Waals surface area contributed by atoms with Crippen molar-refractivity contribution < 1.29 is 0 Å². The maximum atomic E-state index is 5.68. The molecule has 0 aromatic heterocycles. The van der Waals surface area contributed by atoms with E-state index in [1.54, 1.807) is 0 Å². The molecule has 0 bridgehead atoms. The average molecular weight is 218 g/mol. The summed E-state index contributed by atoms with van der Waals surface area (Å²) < 4.78 is 0. The summed E-state index contributed by atoms with van der Waals surface area (Å²) in [5.74, 6) is 6.27. The van der Waals surface area contributed by atoms with Crippen LogP contribution in [0.3, 0.4) is 0 Å². The van der Waals surface area contributed by atoms with Crippen molar-refractivity contribution in [2.75, 3.05) is 0 Å². The fraction of sp³-hybridized carbons (Fsp3) is 0.571. The molecule has 2 heteroatoms. The van der Waals surface area contributed by atoms with Crippen LogP contribution in [0.5, 0.6) is 0 Å². The van der Waals surface area contributed by atoms with Crippen molar-refractivity contribution in [2.45, 2.75) is 51.0 Å². The average Bonchev–Trinajstić information content (AvgIpc) is 2.55. The van der Waals surface area contributed by atoms with Crippen LogP contribution in [-0.2, 0) is 0 Å². The lowest BCUT2D eigenvalue weighted by molar-refractivity contribution is 0.418. The molecule has 1 aromatic rings. The minimum Gasteiger partial charge on any atom is -0.271 e. The number of hydrogen-bond donors (Lipinski definition) is 2. The minimum atomic E-state index is 0.449. The first-order valence-corrected chi connectivity index (χ1v) is 6.34. The molecule has 2 rings (SSSR count). The molecule has 2 unspecified atom stereocenters. The van der Waals surface area contributed by atoms with Gasteiger partial charge in [-0.05, 0) is 25.3 Å². The van der Waals surface area contributed by atoms with Gasteiger partial charge in [0.15, 0.2) is 0 Å². The summed E-state index contributed by atoms with van der Waals surface area (Å²) in [5.41, 5.74) is 5.78. The van der Waals surface area contributed by atoms with E-state index in [2.05, 4.69) is 36.6 Å². The first-order valence-electron chi connectivity index (χ1n) is 6.34. The molecule has 0 spiro atoms. The third kappa shape index (κ3) is 2.63. The molecule has 0 radical (unpaired) electrons. The van der Waals surface area contributed by atoms with Crippen molar-refractivity contribution in [2.24, 2.45) is 5.84 Å². The normalized spacial score (nSPS) is 26.4. The molecule has 3 N–H and O–H groups in total. The maximum absolute atomic E-state index is 5.68. The Morgan fingerprint density at radius 2 is 1.75 bits per heavy atom. The quantitative estimate of drug-likeness (QED) is 0.455. The molecule has 88 valence electrons. The van der Waals surface area contributed by atoms with Crippen LogP contribution in [0.2, 0.25) is 0 Å². The van der Waals surface area contributed by atoms with E-state index in [-0.39, 0.29) is 0 Å². The highest BCUT2D eigenvalue weighted by atomic mass is 15.2. The number of aryl methyl sites for hydroxylation is 1. The molecule has 2 nitrogen and oxygen atoms in total. The third-order valence-corrected chi connectivity index (χ3v) is 3.74. The summed E-state index contributed by atoms with van der Waals surface area (Å²) in [4.78, 5) is 0. The number of hydrazine groups is 1. The lowest BCUT2D eigenvalue weighted by Gasteiger charge is -2.24. The summed E-state index contributed by atoms with van der Waals surface area (Å²) in [6.45, 7) is 2.13. The second kappa shape index (κ2) is 5.46. The fourth-order valence-corrected chi connectivity index (χ4v) is 2.72. The molecule has 16 heavy (non-hydrogen) atoms. The molecule has 0 amide bonds. The van der Waals surface area contributed by atoms with Crippen LogP contribution in [0.15, 0.2) is 24.3 Å². The first kappa shape index (κ1) is 11.6. The SMILES string of the molecule is Cc1ccc(C2CCCCCC2NN)cc1. The molecular formula is C14H22N2. The minimum absolute atomic E-state index is 0.449. The van der Waals surface area contributed by atoms with Crippen LogP contribution in [-0.4, -0.2) is 6.04 Å². The van der Waals surface area contributed by atoms with Crippen molar-refractivity contribution in [1.82, 2.24) is 5.43 Å². The van der Waals surface area contributed by atoms with Gasteiger partial charge in [-0.25, -0.2) is 0 Å². The summed E-state index contributed by atoms with van der Waals surface area (Å²) in [6, 6.07) is 9.37. The van der Waals surface area contributed by atoms with Gasteiger partial charge in [-0.15, -0.1) is 0 Å². The van der Waals surface area contributed by atoms with Crippen LogP contribution in [0.25, 0.3) is 0 Å². The molecule has 1 fully saturated rings. The molecule has 1 aliphatic rings. The number of nitrogens with two attached hydrogens (primary N) is 1. The van der Waals surface area contributed by atoms with Crippen LogP contribution in [0.4, 0.5) is 0 Å². The van der Waals surface area contributed by atoms with Crippen molar-refractivity contribution in [3.63, 3.8) is 0 Å². The monoisotopic (exact) mass is 218 g/mol. The maximum Gasteiger partial charge on any atom is 0.0279 e. The number of rotatable bonds is 2. The lowest BCUT2D eigenvalue weighted by Crippen LogP contribution is -2.39. The summed E-state index contributed by atoms with van der Waals surface area (Å²) in [7, 11) is 0. The van der Waals surface area contributed by atoms with Crippen molar-refractivity contribution >= 4 is 0 Å². The summed E-state index contributed by atoms with van der Waals surface area (Å²) >= 11 is 0. The van der Waals surface area contributed by atoms with Gasteiger partial charge < -0.3 is 0 Å². The largest absolute Gasteiger partial charge is 0.271 e. The summed E-state index contributed by atoms with van der Waals surface area (Å²) in [6.07, 6.45) is 6.45. The molecule has 2 atom stereocenters. The van der Waals surface area contributed by atoms with Gasteiger partial charge in [0.1, 0.15) is 0 Å². The Morgan fingerprint density at radius 1 is 1.06 bits per heavy atom. The van der Waals surface area contributed by atoms with E-state index < -0.39 is 0 Å². The zero-order valence-corrected chi connectivity index (χ0v) is 10.1. The topological polar surface area (TPSA) is 38.0 Å². The van der Waals surface area contributed by atoms with Gasteiger partial charge in [-0.1, -0.05) is 49.1 Å². The second-order valence-corrected chi connectivity index (χ2v) is 4.93. The highest BCUT2D eigenvalue weighted by molar-refractivity contribution is 5.26. The first-order chi connectivity index (χ1) is 7.81. The van der Waals surface area contributed by atoms with Crippen molar-refractivity contribution in [3.05, 3.63) is 35.4 Å². The van der Waals surface area contributed by atoms with Crippen molar-refractivity contribution in [1.29, 1.82) is 0 Å². The Hall–Kier alpha value is -0.860. The molecular weight excluding hydrogens is 196 g/mol. The number of hydrogen-bond acceptors (Lipinski definition) is 2. The standard InChI is InChI=1S/C14H22N2/c1-11-7-9-12(10-8-11)13-5-3-2-4-6-14(13)16-15/h7-10,13-14,16H,2-6,15H2,1H3. The molecule has 0 aliphatic heterocycles. The number of nitrogens with one attached hydrogen (secondary N) is 1. The van der Waals surface area contributed by atoms with Gasteiger partial charge in [0.25, 0.3) is 0 Å². The highest BCUT2D eigenvalue weighted by Gasteiger charge is 2.23. The predicted molar refractivity (Wildman–Crippen MR) is 68.1 cm³/mol. The van der Waals surface area contributed by atoms with Gasteiger partial charge in [0.2, 0.25) is 0 Å². The molecule has 0 saturated heterocycles. The van der Waals surface area contributed by atoms with E-state index in [1.165, 1.54) is 43.2 Å². The number of benzene rings is 1. The zero-order valence-electron chi connectivity index (χ0n) is 10.1. The van der Waals surface area contributed by atoms with Crippen LogP contribution in [0, 0.1) is 6.92 Å². The van der Waals surface area contributed by atoms with Crippen LogP contribution >= 0.6 is 0 Å². The Labute approximate surface area is 98.2 Å². The van der Waals surface area contributed by atoms with Crippen LogP contribution in [0.1, 0.15) is 49.1 Å². The Kier molecular flexibility index (Phi) is 3.97. The van der Waals surface area contributed by atoms with Gasteiger partial charge in [0, 0.05) is 12.0 Å². The molecule has 1 saturated carbocycles. The van der Waals surface area contributed by atoms with E-state index in [1.807, 2.05) is 0 Å². The Balaban J connectivity index is 2.18. The molecule has 0 heterocycles. The fourth-order valence-electron chi connectivity index (χ4n) is 2.72. The van der Waals surface area contributed by atoms with Gasteiger partial charge in [-0.3, -0.25) is 11.3 Å². The van der Waals surface area contributed by atoms with E-state index in [0.717, 1.165) is 0 Å². The van der Waals surface area contributed by atoms with Gasteiger partial charge in [0.05, 0.1) is 0 Å². The Bertz CT molecular complexity index is 318. The van der Waals surface area contributed by atoms with E-state index in [4.69, 9.17) is 5.84 Å². The highest BCUT2D eigenvalue weighted by Crippen LogP contribution is 2.31. The lowest BCUT2D eigenvalue weighted by atomic mass is 9.87. The third-order valence-electron chi connectivity index (χ3n) is 3.74. The van der Waals surface area contributed by atoms with Gasteiger partial charge >= 0.3 is 0 Å². The molecule has 1 aliphatic carbocycles. The zero-order chi connectivity index (χ0) is 11.4. The van der Waals surface area contributed by atoms with Crippen LogP contribution < -0.4 is 11.3 Å². The second-order valence-electron chi connectivity index (χ2n) is 4.93. The van der Waals surface area contributed by atoms with E-state index in [0.29, 0.717) is 12.0 Å². The predicted octanol–water partition coefficient (Wildman–Crippen LogP) is 2.87. The van der Waals surface area contributed by atoms with E-state index >= 15 is 0 Å². The molecule has 1 aromatic carbocycles. The summed E-state index contributed by atoms with van der Waals surface area (Å²) in [5, 5.41) is 0. The van der Waals surface area contributed by atoms with Gasteiger partial charge in [-0.2, -0.15) is 0 Å². The smallest absolute Gasteiger partial charge is 0.0279 e.